The zero-order valence-electron chi connectivity index (χ0n) is 12.4. The average molecular weight is 293 g/mol. The second-order valence-electron chi connectivity index (χ2n) is 5.91. The number of nitrogens with zero attached hydrogens (tertiary/aromatic N) is 3. The van der Waals surface area contributed by atoms with Gasteiger partial charge in [0.1, 0.15) is 0 Å². The Kier molecular flexibility index (Phi) is 3.58. The monoisotopic (exact) mass is 293 g/mol. The number of aromatic nitrogens is 2. The zero-order chi connectivity index (χ0) is 14.3. The molecule has 2 aromatic rings. The number of nitrogens with one attached hydrogen (secondary N) is 1. The van der Waals surface area contributed by atoms with Gasteiger partial charge in [0.2, 0.25) is 0 Å². The summed E-state index contributed by atoms with van der Waals surface area (Å²) >= 11 is 1.70. The summed E-state index contributed by atoms with van der Waals surface area (Å²) in [5.74, 6) is 0. The molecule has 0 bridgehead atoms. The normalized spacial score (nSPS) is 20.4. The van der Waals surface area contributed by atoms with Crippen LogP contribution >= 0.6 is 11.3 Å². The summed E-state index contributed by atoms with van der Waals surface area (Å²) in [7, 11) is 0. The lowest BCUT2D eigenvalue weighted by Crippen LogP contribution is -2.60. The lowest BCUT2D eigenvalue weighted by atomic mass is 10.0. The molecule has 0 radical (unpaired) electrons. The van der Waals surface area contributed by atoms with Gasteiger partial charge in [0.15, 0.2) is 4.96 Å². The van der Waals surface area contributed by atoms with Crippen molar-refractivity contribution in [1.29, 1.82) is 0 Å². The molecule has 1 unspecified atom stereocenters. The van der Waals surface area contributed by atoms with Crippen LogP contribution in [0, 0.1) is 13.8 Å². The van der Waals surface area contributed by atoms with Gasteiger partial charge in [0.25, 0.3) is 0 Å². The number of nitrogens with two attached hydrogens (primary N) is 1. The topological polar surface area (TPSA) is 58.6 Å². The van der Waals surface area contributed by atoms with Gasteiger partial charge < -0.3 is 11.1 Å². The van der Waals surface area contributed by atoms with E-state index in [4.69, 9.17) is 5.73 Å². The maximum Gasteiger partial charge on any atom is 0.194 e. The molecular weight excluding hydrogens is 270 g/mol. The van der Waals surface area contributed by atoms with Crippen molar-refractivity contribution in [3.8, 4) is 0 Å². The van der Waals surface area contributed by atoms with E-state index in [1.54, 1.807) is 11.3 Å². The van der Waals surface area contributed by atoms with Gasteiger partial charge in [-0.25, -0.2) is 4.98 Å². The number of imidazole rings is 1. The van der Waals surface area contributed by atoms with Crippen LogP contribution in [0.5, 0.6) is 0 Å². The third kappa shape index (κ3) is 2.37. The Morgan fingerprint density at radius 3 is 2.80 bits per heavy atom. The summed E-state index contributed by atoms with van der Waals surface area (Å²) in [5, 5.41) is 5.54. The molecule has 0 amide bonds. The molecule has 1 saturated heterocycles. The minimum Gasteiger partial charge on any atom is -0.314 e. The molecule has 0 saturated carbocycles. The van der Waals surface area contributed by atoms with Gasteiger partial charge in [-0.2, -0.15) is 0 Å². The maximum absolute atomic E-state index is 6.62. The highest BCUT2D eigenvalue weighted by Gasteiger charge is 2.31. The summed E-state index contributed by atoms with van der Waals surface area (Å²) in [5.41, 5.74) is 9.90. The van der Waals surface area contributed by atoms with Gasteiger partial charge in [-0.15, -0.1) is 11.3 Å². The van der Waals surface area contributed by atoms with Crippen molar-refractivity contribution < 1.29 is 0 Å². The molecule has 3 N–H and O–H groups in total. The summed E-state index contributed by atoms with van der Waals surface area (Å²) in [6, 6.07) is 0. The van der Waals surface area contributed by atoms with Crippen LogP contribution in [0.4, 0.5) is 0 Å². The van der Waals surface area contributed by atoms with Crippen LogP contribution in [0.2, 0.25) is 0 Å². The van der Waals surface area contributed by atoms with Gasteiger partial charge in [0, 0.05) is 49.4 Å². The SMILES string of the molecule is Cc1nc2scc(C)n2c1CC(C)(N)N1CCNCC1. The molecular formula is C14H23N5S. The Morgan fingerprint density at radius 2 is 2.10 bits per heavy atom. The molecule has 1 aliphatic rings. The van der Waals surface area contributed by atoms with E-state index in [0.717, 1.165) is 43.3 Å². The summed E-state index contributed by atoms with van der Waals surface area (Å²) < 4.78 is 2.26. The molecule has 3 heterocycles. The molecule has 1 aliphatic heterocycles. The number of thiazole rings is 1. The number of hydrogen-bond acceptors (Lipinski definition) is 5. The van der Waals surface area contributed by atoms with Crippen molar-refractivity contribution in [2.75, 3.05) is 26.2 Å². The van der Waals surface area contributed by atoms with E-state index in [1.807, 2.05) is 0 Å². The Morgan fingerprint density at radius 1 is 1.40 bits per heavy atom. The molecule has 0 spiro atoms. The molecule has 0 aromatic carbocycles. The molecule has 20 heavy (non-hydrogen) atoms. The predicted molar refractivity (Wildman–Crippen MR) is 83.3 cm³/mol. The highest BCUT2D eigenvalue weighted by Crippen LogP contribution is 2.24. The molecule has 110 valence electrons. The zero-order valence-corrected chi connectivity index (χ0v) is 13.3. The molecule has 2 aromatic heterocycles. The highest BCUT2D eigenvalue weighted by molar-refractivity contribution is 7.15. The lowest BCUT2D eigenvalue weighted by molar-refractivity contribution is 0.0920. The Balaban J connectivity index is 1.91. The fourth-order valence-electron chi connectivity index (χ4n) is 3.00. The largest absolute Gasteiger partial charge is 0.314 e. The Bertz CT molecular complexity index is 606. The van der Waals surface area contributed by atoms with Crippen molar-refractivity contribution in [3.05, 3.63) is 22.5 Å². The number of aryl methyl sites for hydroxylation is 2. The molecule has 3 rings (SSSR count). The second-order valence-corrected chi connectivity index (χ2v) is 6.75. The van der Waals surface area contributed by atoms with Gasteiger partial charge in [-0.1, -0.05) is 0 Å². The summed E-state index contributed by atoms with van der Waals surface area (Å²) in [6.07, 6.45) is 0.831. The molecule has 6 heteroatoms. The minimum atomic E-state index is -0.322. The predicted octanol–water partition coefficient (Wildman–Crippen LogP) is 1.14. The number of fused-ring (bicyclic) bond motifs is 1. The fraction of sp³-hybridized carbons (Fsp3) is 0.643. The van der Waals surface area contributed by atoms with Crippen LogP contribution in [-0.2, 0) is 6.42 Å². The third-order valence-electron chi connectivity index (χ3n) is 4.19. The number of piperazine rings is 1. The number of hydrogen-bond donors (Lipinski definition) is 2. The first kappa shape index (κ1) is 14.0. The van der Waals surface area contributed by atoms with E-state index in [1.165, 1.54) is 11.4 Å². The van der Waals surface area contributed by atoms with Crippen molar-refractivity contribution >= 4 is 16.3 Å². The quantitative estimate of drug-likeness (QED) is 0.891. The first-order valence-electron chi connectivity index (χ1n) is 7.16. The number of rotatable bonds is 3. The van der Waals surface area contributed by atoms with E-state index in [-0.39, 0.29) is 5.66 Å². The van der Waals surface area contributed by atoms with Crippen LogP contribution < -0.4 is 11.1 Å². The van der Waals surface area contributed by atoms with Gasteiger partial charge in [-0.05, 0) is 20.8 Å². The first-order chi connectivity index (χ1) is 9.49. The van der Waals surface area contributed by atoms with Crippen LogP contribution in [0.3, 0.4) is 0 Å². The molecule has 5 nitrogen and oxygen atoms in total. The van der Waals surface area contributed by atoms with E-state index < -0.39 is 0 Å². The van der Waals surface area contributed by atoms with Crippen LogP contribution in [0.1, 0.15) is 24.0 Å². The third-order valence-corrected chi connectivity index (χ3v) is 5.14. The van der Waals surface area contributed by atoms with E-state index in [0.29, 0.717) is 0 Å². The van der Waals surface area contributed by atoms with Crippen molar-refractivity contribution in [2.45, 2.75) is 32.9 Å². The average Bonchev–Trinajstić information content (AvgIpc) is 2.92. The van der Waals surface area contributed by atoms with Gasteiger partial charge in [-0.3, -0.25) is 9.30 Å². The van der Waals surface area contributed by atoms with Crippen molar-refractivity contribution in [2.24, 2.45) is 5.73 Å². The summed E-state index contributed by atoms with van der Waals surface area (Å²) in [6.45, 7) is 10.4. The van der Waals surface area contributed by atoms with E-state index in [2.05, 4.69) is 45.8 Å². The molecule has 1 atom stereocenters. The molecule has 0 aliphatic carbocycles. The van der Waals surface area contributed by atoms with Crippen molar-refractivity contribution in [1.82, 2.24) is 19.6 Å². The standard InChI is InChI=1S/C14H23N5S/c1-10-9-20-13-17-11(2)12(19(10)13)8-14(3,15)18-6-4-16-5-7-18/h9,16H,4-8,15H2,1-3H3. The lowest BCUT2D eigenvalue weighted by Gasteiger charge is -2.41. The summed E-state index contributed by atoms with van der Waals surface area (Å²) in [4.78, 5) is 8.11. The van der Waals surface area contributed by atoms with E-state index >= 15 is 0 Å². The fourth-order valence-corrected chi connectivity index (χ4v) is 3.93. The van der Waals surface area contributed by atoms with Crippen molar-refractivity contribution in [3.63, 3.8) is 0 Å². The second kappa shape index (κ2) is 5.11. The Hall–Kier alpha value is -0.950. The van der Waals surface area contributed by atoms with E-state index in [9.17, 15) is 0 Å². The van der Waals surface area contributed by atoms with Crippen LogP contribution in [0.15, 0.2) is 5.38 Å². The van der Waals surface area contributed by atoms with Gasteiger partial charge >= 0.3 is 0 Å². The maximum atomic E-state index is 6.62. The van der Waals surface area contributed by atoms with Crippen LogP contribution in [-0.4, -0.2) is 46.1 Å². The Labute approximate surface area is 123 Å². The first-order valence-corrected chi connectivity index (χ1v) is 8.04. The molecule has 1 fully saturated rings. The minimum absolute atomic E-state index is 0.322. The van der Waals surface area contributed by atoms with Crippen LogP contribution in [0.25, 0.3) is 4.96 Å². The van der Waals surface area contributed by atoms with Gasteiger partial charge in [0.05, 0.1) is 11.4 Å². The smallest absolute Gasteiger partial charge is 0.194 e. The highest BCUT2D eigenvalue weighted by atomic mass is 32.1.